The molecule has 2 rings (SSSR count). The highest BCUT2D eigenvalue weighted by atomic mass is 16.2. The van der Waals surface area contributed by atoms with E-state index < -0.39 is 0 Å². The van der Waals surface area contributed by atoms with Crippen molar-refractivity contribution in [2.45, 2.75) is 51.6 Å². The third-order valence-electron chi connectivity index (χ3n) is 3.18. The first-order chi connectivity index (χ1) is 8.85. The van der Waals surface area contributed by atoms with E-state index in [2.05, 4.69) is 10.6 Å². The van der Waals surface area contributed by atoms with Crippen LogP contribution in [0.3, 0.4) is 0 Å². The zero-order valence-electron chi connectivity index (χ0n) is 12.0. The second-order valence-electron chi connectivity index (χ2n) is 6.35. The molecule has 2 N–H and O–H groups in total. The number of nitrogens with one attached hydrogen (secondary N) is 2. The van der Waals surface area contributed by atoms with Crippen LogP contribution in [0.15, 0.2) is 11.6 Å². The van der Waals surface area contributed by atoms with Crippen LogP contribution < -0.4 is 10.6 Å². The van der Waals surface area contributed by atoms with Gasteiger partial charge in [-0.05, 0) is 40.0 Å². The maximum absolute atomic E-state index is 12.0. The summed E-state index contributed by atoms with van der Waals surface area (Å²) in [6, 6.07) is 0.320. The van der Waals surface area contributed by atoms with Crippen LogP contribution in [0, 0.1) is 0 Å². The van der Waals surface area contributed by atoms with Gasteiger partial charge in [-0.15, -0.1) is 0 Å². The number of carbonyl (C=O) groups excluding carboxylic acids is 2. The van der Waals surface area contributed by atoms with Crippen molar-refractivity contribution >= 4 is 11.9 Å². The van der Waals surface area contributed by atoms with Gasteiger partial charge in [0, 0.05) is 30.2 Å². The molecule has 1 aliphatic carbocycles. The van der Waals surface area contributed by atoms with Gasteiger partial charge in [-0.25, -0.2) is 4.79 Å². The van der Waals surface area contributed by atoms with E-state index in [1.54, 1.807) is 4.90 Å². The molecular weight excluding hydrogens is 242 g/mol. The van der Waals surface area contributed by atoms with E-state index in [4.69, 9.17) is 0 Å². The highest BCUT2D eigenvalue weighted by Crippen LogP contribution is 2.20. The Labute approximate surface area is 114 Å². The van der Waals surface area contributed by atoms with Gasteiger partial charge in [0.05, 0.1) is 0 Å². The summed E-state index contributed by atoms with van der Waals surface area (Å²) < 4.78 is 0. The fraction of sp³-hybridized carbons (Fsp3) is 0.714. The number of urea groups is 1. The first-order valence-corrected chi connectivity index (χ1v) is 6.92. The molecule has 0 unspecified atom stereocenters. The van der Waals surface area contributed by atoms with Crippen molar-refractivity contribution < 1.29 is 9.59 Å². The Hall–Kier alpha value is -1.52. The van der Waals surface area contributed by atoms with Crippen LogP contribution in [0.5, 0.6) is 0 Å². The van der Waals surface area contributed by atoms with Gasteiger partial charge < -0.3 is 15.5 Å². The highest BCUT2D eigenvalue weighted by molar-refractivity contribution is 5.94. The quantitative estimate of drug-likeness (QED) is 0.793. The number of rotatable bonds is 2. The van der Waals surface area contributed by atoms with Gasteiger partial charge in [-0.1, -0.05) is 6.08 Å². The van der Waals surface area contributed by atoms with Gasteiger partial charge >= 0.3 is 6.03 Å². The lowest BCUT2D eigenvalue weighted by Crippen LogP contribution is -2.50. The first-order valence-electron chi connectivity index (χ1n) is 6.92. The van der Waals surface area contributed by atoms with E-state index in [1.165, 1.54) is 0 Å². The van der Waals surface area contributed by atoms with E-state index in [9.17, 15) is 9.59 Å². The van der Waals surface area contributed by atoms with E-state index in [1.807, 2.05) is 26.8 Å². The maximum Gasteiger partial charge on any atom is 0.318 e. The molecule has 0 aromatic heterocycles. The van der Waals surface area contributed by atoms with E-state index in [0.29, 0.717) is 25.6 Å². The number of carbonyl (C=O) groups is 2. The Morgan fingerprint density at radius 3 is 2.47 bits per heavy atom. The van der Waals surface area contributed by atoms with Crippen molar-refractivity contribution in [2.24, 2.45) is 0 Å². The lowest BCUT2D eigenvalue weighted by atomic mass is 10.1. The molecule has 0 radical (unpaired) electrons. The summed E-state index contributed by atoms with van der Waals surface area (Å²) in [5, 5.41) is 5.91. The largest absolute Gasteiger partial charge is 0.350 e. The molecule has 3 amide bonds. The molecule has 1 fully saturated rings. The summed E-state index contributed by atoms with van der Waals surface area (Å²) in [5.74, 6) is 0.0402. The minimum Gasteiger partial charge on any atom is -0.350 e. The van der Waals surface area contributed by atoms with Crippen molar-refractivity contribution in [3.63, 3.8) is 0 Å². The van der Waals surface area contributed by atoms with Crippen LogP contribution in [-0.4, -0.2) is 41.5 Å². The molecule has 5 nitrogen and oxygen atoms in total. The average molecular weight is 265 g/mol. The molecule has 1 aliphatic heterocycles. The molecule has 0 spiro atoms. The first kappa shape index (κ1) is 13.9. The standard InChI is InChI=1S/C14H23N3O2/c1-14(2,3)16-13(19)17-8-6-10(7-9-17)12(18)15-11-4-5-11/h6,11H,4-5,7-9H2,1-3H3,(H,15,18)(H,16,19). The molecule has 0 saturated heterocycles. The average Bonchev–Trinajstić information content (AvgIpc) is 3.11. The summed E-state index contributed by atoms with van der Waals surface area (Å²) in [7, 11) is 0. The van der Waals surface area contributed by atoms with Gasteiger partial charge in [-0.2, -0.15) is 0 Å². The number of hydrogen-bond acceptors (Lipinski definition) is 2. The zero-order chi connectivity index (χ0) is 14.0. The van der Waals surface area contributed by atoms with E-state index in [-0.39, 0.29) is 17.5 Å². The summed E-state index contributed by atoms with van der Waals surface area (Å²) in [5.41, 5.74) is 0.580. The topological polar surface area (TPSA) is 61.4 Å². The van der Waals surface area contributed by atoms with Gasteiger partial charge in [0.25, 0.3) is 0 Å². The van der Waals surface area contributed by atoms with Crippen LogP contribution >= 0.6 is 0 Å². The third-order valence-corrected chi connectivity index (χ3v) is 3.18. The molecule has 0 aromatic carbocycles. The van der Waals surface area contributed by atoms with Crippen molar-refractivity contribution in [1.82, 2.24) is 15.5 Å². The summed E-state index contributed by atoms with van der Waals surface area (Å²) in [4.78, 5) is 25.6. The Kier molecular flexibility index (Phi) is 3.83. The Bertz CT molecular complexity index is 405. The molecule has 1 saturated carbocycles. The van der Waals surface area contributed by atoms with Crippen molar-refractivity contribution in [2.75, 3.05) is 13.1 Å². The minimum atomic E-state index is -0.232. The maximum atomic E-state index is 12.0. The van der Waals surface area contributed by atoms with Gasteiger partial charge in [0.1, 0.15) is 0 Å². The monoisotopic (exact) mass is 265 g/mol. The Morgan fingerprint density at radius 2 is 2.00 bits per heavy atom. The van der Waals surface area contributed by atoms with Crippen molar-refractivity contribution in [3.8, 4) is 0 Å². The predicted octanol–water partition coefficient (Wildman–Crippen LogP) is 1.41. The smallest absolute Gasteiger partial charge is 0.318 e. The van der Waals surface area contributed by atoms with Gasteiger partial charge in [-0.3, -0.25) is 4.79 Å². The lowest BCUT2D eigenvalue weighted by Gasteiger charge is -2.30. The third kappa shape index (κ3) is 4.26. The number of hydrogen-bond donors (Lipinski definition) is 2. The highest BCUT2D eigenvalue weighted by Gasteiger charge is 2.27. The molecule has 1 heterocycles. The second kappa shape index (κ2) is 5.23. The fourth-order valence-corrected chi connectivity index (χ4v) is 1.97. The van der Waals surface area contributed by atoms with Crippen molar-refractivity contribution in [3.05, 3.63) is 11.6 Å². The van der Waals surface area contributed by atoms with Crippen LogP contribution in [0.1, 0.15) is 40.0 Å². The molecule has 19 heavy (non-hydrogen) atoms. The lowest BCUT2D eigenvalue weighted by molar-refractivity contribution is -0.117. The molecule has 2 aliphatic rings. The number of amides is 3. The normalized spacial score (nSPS) is 19.7. The van der Waals surface area contributed by atoms with E-state index in [0.717, 1.165) is 18.4 Å². The van der Waals surface area contributed by atoms with Crippen LogP contribution in [0.2, 0.25) is 0 Å². The molecule has 0 bridgehead atoms. The predicted molar refractivity (Wildman–Crippen MR) is 73.7 cm³/mol. The summed E-state index contributed by atoms with van der Waals surface area (Å²) in [6.07, 6.45) is 4.69. The SMILES string of the molecule is CC(C)(C)NC(=O)N1CC=C(C(=O)NC2CC2)CC1. The summed E-state index contributed by atoms with van der Waals surface area (Å²) >= 11 is 0. The van der Waals surface area contributed by atoms with Gasteiger partial charge in [0.15, 0.2) is 0 Å². The second-order valence-corrected chi connectivity index (χ2v) is 6.35. The molecular formula is C14H23N3O2. The van der Waals surface area contributed by atoms with Crippen LogP contribution in [0.4, 0.5) is 4.79 Å². The summed E-state index contributed by atoms with van der Waals surface area (Å²) in [6.45, 7) is 6.98. The number of nitrogens with zero attached hydrogens (tertiary/aromatic N) is 1. The van der Waals surface area contributed by atoms with Crippen LogP contribution in [0.25, 0.3) is 0 Å². The minimum absolute atomic E-state index is 0.0402. The van der Waals surface area contributed by atoms with Crippen molar-refractivity contribution in [1.29, 1.82) is 0 Å². The van der Waals surface area contributed by atoms with Gasteiger partial charge in [0.2, 0.25) is 5.91 Å². The Morgan fingerprint density at radius 1 is 1.32 bits per heavy atom. The molecule has 106 valence electrons. The molecule has 5 heteroatoms. The van der Waals surface area contributed by atoms with Crippen LogP contribution in [-0.2, 0) is 4.79 Å². The molecule has 0 atom stereocenters. The van der Waals surface area contributed by atoms with E-state index >= 15 is 0 Å². The zero-order valence-corrected chi connectivity index (χ0v) is 12.0. The fourth-order valence-electron chi connectivity index (χ4n) is 1.97. The molecule has 0 aromatic rings. The Balaban J connectivity index is 1.84.